The largest absolute Gasteiger partial charge is 0.494 e. The fourth-order valence-corrected chi connectivity index (χ4v) is 3.17. The quantitative estimate of drug-likeness (QED) is 0.662. The summed E-state index contributed by atoms with van der Waals surface area (Å²) >= 11 is 1.35. The predicted octanol–water partition coefficient (Wildman–Crippen LogP) is 4.42. The summed E-state index contributed by atoms with van der Waals surface area (Å²) in [6.45, 7) is 3.90. The molecule has 0 aliphatic heterocycles. The number of nitrogens with zero attached hydrogens (tertiary/aromatic N) is 1. The summed E-state index contributed by atoms with van der Waals surface area (Å²) in [6.07, 6.45) is 0. The van der Waals surface area contributed by atoms with Crippen LogP contribution in [0, 0.1) is 0 Å². The summed E-state index contributed by atoms with van der Waals surface area (Å²) in [4.78, 5) is 28.0. The minimum Gasteiger partial charge on any atom is -0.494 e. The van der Waals surface area contributed by atoms with Crippen molar-refractivity contribution in [2.24, 2.45) is 0 Å². The fourth-order valence-electron chi connectivity index (χ4n) is 2.45. The van der Waals surface area contributed by atoms with Gasteiger partial charge in [-0.1, -0.05) is 18.2 Å². The smallest absolute Gasteiger partial charge is 0.257 e. The Kier molecular flexibility index (Phi) is 5.83. The van der Waals surface area contributed by atoms with Crippen molar-refractivity contribution >= 4 is 34.0 Å². The van der Waals surface area contributed by atoms with E-state index < -0.39 is 0 Å². The molecule has 27 heavy (non-hydrogen) atoms. The highest BCUT2D eigenvalue weighted by atomic mass is 32.1. The van der Waals surface area contributed by atoms with Crippen molar-refractivity contribution in [3.05, 3.63) is 59.5 Å². The molecule has 0 atom stereocenters. The maximum atomic E-state index is 12.4. The van der Waals surface area contributed by atoms with Gasteiger partial charge in [0.15, 0.2) is 5.13 Å². The van der Waals surface area contributed by atoms with Crippen LogP contribution in [0.3, 0.4) is 0 Å². The monoisotopic (exact) mass is 381 g/mol. The summed E-state index contributed by atoms with van der Waals surface area (Å²) in [5.41, 5.74) is 2.90. The van der Waals surface area contributed by atoms with Gasteiger partial charge >= 0.3 is 0 Å². The molecule has 2 aromatic carbocycles. The van der Waals surface area contributed by atoms with Gasteiger partial charge in [-0.25, -0.2) is 4.98 Å². The third-order valence-electron chi connectivity index (χ3n) is 3.63. The number of hydrogen-bond donors (Lipinski definition) is 2. The Morgan fingerprint density at radius 1 is 1.11 bits per heavy atom. The lowest BCUT2D eigenvalue weighted by atomic mass is 10.1. The summed E-state index contributed by atoms with van der Waals surface area (Å²) in [6, 6.07) is 14.4. The Balaban J connectivity index is 1.69. The topological polar surface area (TPSA) is 80.3 Å². The number of amides is 2. The zero-order valence-corrected chi connectivity index (χ0v) is 15.8. The molecule has 138 valence electrons. The first-order valence-electron chi connectivity index (χ1n) is 8.43. The molecule has 0 unspecified atom stereocenters. The molecule has 7 heteroatoms. The fraction of sp³-hybridized carbons (Fsp3) is 0.150. The first kappa shape index (κ1) is 18.6. The Morgan fingerprint density at radius 2 is 1.89 bits per heavy atom. The molecule has 6 nitrogen and oxygen atoms in total. The zero-order valence-electron chi connectivity index (χ0n) is 15.0. The SMILES string of the molecule is CCOc1cccc(C(=O)Nc2nc(-c3ccc(NC(C)=O)cc3)cs2)c1. The van der Waals surface area contributed by atoms with E-state index >= 15 is 0 Å². The molecule has 0 fully saturated rings. The van der Waals surface area contributed by atoms with E-state index in [1.165, 1.54) is 18.3 Å². The van der Waals surface area contributed by atoms with E-state index in [-0.39, 0.29) is 11.8 Å². The standard InChI is InChI=1S/C20H19N3O3S/c1-3-26-17-6-4-5-15(11-17)19(25)23-20-22-18(12-27-20)14-7-9-16(10-8-14)21-13(2)24/h4-12H,3H2,1-2H3,(H,21,24)(H,22,23,25). The molecule has 1 heterocycles. The number of rotatable bonds is 6. The first-order valence-corrected chi connectivity index (χ1v) is 9.31. The Bertz CT molecular complexity index is 951. The van der Waals surface area contributed by atoms with Gasteiger partial charge in [0.25, 0.3) is 5.91 Å². The molecule has 0 aliphatic carbocycles. The van der Waals surface area contributed by atoms with Gasteiger partial charge in [0.05, 0.1) is 12.3 Å². The van der Waals surface area contributed by atoms with Crippen LogP contribution >= 0.6 is 11.3 Å². The molecule has 0 saturated heterocycles. The molecule has 0 spiro atoms. The maximum absolute atomic E-state index is 12.4. The molecule has 0 radical (unpaired) electrons. The number of benzene rings is 2. The second-order valence-corrected chi connectivity index (χ2v) is 6.57. The number of ether oxygens (including phenoxy) is 1. The Hall–Kier alpha value is -3.19. The number of aromatic nitrogens is 1. The molecular weight excluding hydrogens is 362 g/mol. The second kappa shape index (κ2) is 8.46. The normalized spacial score (nSPS) is 10.3. The molecule has 0 aliphatic rings. The predicted molar refractivity (Wildman–Crippen MR) is 107 cm³/mol. The van der Waals surface area contributed by atoms with E-state index in [9.17, 15) is 9.59 Å². The van der Waals surface area contributed by atoms with Crippen LogP contribution in [0.25, 0.3) is 11.3 Å². The van der Waals surface area contributed by atoms with Crippen LogP contribution < -0.4 is 15.4 Å². The van der Waals surface area contributed by atoms with Crippen molar-refractivity contribution < 1.29 is 14.3 Å². The minimum atomic E-state index is -0.238. The highest BCUT2D eigenvalue weighted by Gasteiger charge is 2.11. The Labute approximate surface area is 161 Å². The van der Waals surface area contributed by atoms with Gasteiger partial charge in [-0.15, -0.1) is 11.3 Å². The van der Waals surface area contributed by atoms with Crippen molar-refractivity contribution in [1.82, 2.24) is 4.98 Å². The molecule has 0 bridgehead atoms. The minimum absolute atomic E-state index is 0.116. The number of anilines is 2. The average molecular weight is 381 g/mol. The van der Waals surface area contributed by atoms with E-state index in [0.717, 1.165) is 16.9 Å². The number of carbonyl (C=O) groups excluding carboxylic acids is 2. The Morgan fingerprint density at radius 3 is 2.59 bits per heavy atom. The lowest BCUT2D eigenvalue weighted by Crippen LogP contribution is -2.11. The second-order valence-electron chi connectivity index (χ2n) is 5.71. The van der Waals surface area contributed by atoms with Crippen LogP contribution in [0.2, 0.25) is 0 Å². The maximum Gasteiger partial charge on any atom is 0.257 e. The summed E-state index contributed by atoms with van der Waals surface area (Å²) in [7, 11) is 0. The van der Waals surface area contributed by atoms with Gasteiger partial charge < -0.3 is 10.1 Å². The van der Waals surface area contributed by atoms with Crippen molar-refractivity contribution in [2.75, 3.05) is 17.2 Å². The van der Waals surface area contributed by atoms with Crippen LogP contribution in [-0.4, -0.2) is 23.4 Å². The summed E-state index contributed by atoms with van der Waals surface area (Å²) < 4.78 is 5.42. The number of thiazole rings is 1. The van der Waals surface area contributed by atoms with Gasteiger partial charge in [-0.05, 0) is 37.3 Å². The molecule has 3 aromatic rings. The van der Waals surface area contributed by atoms with Crippen molar-refractivity contribution in [2.45, 2.75) is 13.8 Å². The highest BCUT2D eigenvalue weighted by molar-refractivity contribution is 7.14. The highest BCUT2D eigenvalue weighted by Crippen LogP contribution is 2.26. The van der Waals surface area contributed by atoms with Gasteiger partial charge in [0, 0.05) is 29.1 Å². The molecule has 2 amide bonds. The molecule has 1 aromatic heterocycles. The van der Waals surface area contributed by atoms with Gasteiger partial charge in [-0.2, -0.15) is 0 Å². The average Bonchev–Trinajstić information content (AvgIpc) is 3.11. The van der Waals surface area contributed by atoms with E-state index in [1.54, 1.807) is 18.2 Å². The lowest BCUT2D eigenvalue weighted by molar-refractivity contribution is -0.114. The van der Waals surface area contributed by atoms with Crippen LogP contribution in [0.1, 0.15) is 24.2 Å². The van der Waals surface area contributed by atoms with Crippen molar-refractivity contribution in [3.63, 3.8) is 0 Å². The van der Waals surface area contributed by atoms with E-state index in [0.29, 0.717) is 23.1 Å². The van der Waals surface area contributed by atoms with Crippen LogP contribution in [0.4, 0.5) is 10.8 Å². The summed E-state index contributed by atoms with van der Waals surface area (Å²) in [5.74, 6) is 0.303. The van der Waals surface area contributed by atoms with Crippen LogP contribution in [0.15, 0.2) is 53.9 Å². The summed E-state index contributed by atoms with van der Waals surface area (Å²) in [5, 5.41) is 7.92. The van der Waals surface area contributed by atoms with Crippen LogP contribution in [-0.2, 0) is 4.79 Å². The van der Waals surface area contributed by atoms with E-state index in [2.05, 4.69) is 15.6 Å². The molecular formula is C20H19N3O3S. The lowest BCUT2D eigenvalue weighted by Gasteiger charge is -2.06. The zero-order chi connectivity index (χ0) is 19.2. The van der Waals surface area contributed by atoms with Gasteiger partial charge in [0.2, 0.25) is 5.91 Å². The molecule has 0 saturated carbocycles. The number of carbonyl (C=O) groups is 2. The van der Waals surface area contributed by atoms with E-state index in [4.69, 9.17) is 4.74 Å². The third-order valence-corrected chi connectivity index (χ3v) is 4.39. The van der Waals surface area contributed by atoms with Gasteiger partial charge in [-0.3, -0.25) is 14.9 Å². The van der Waals surface area contributed by atoms with Crippen LogP contribution in [0.5, 0.6) is 5.75 Å². The third kappa shape index (κ3) is 4.92. The number of nitrogens with one attached hydrogen (secondary N) is 2. The van der Waals surface area contributed by atoms with E-state index in [1.807, 2.05) is 42.6 Å². The van der Waals surface area contributed by atoms with Gasteiger partial charge in [0.1, 0.15) is 5.75 Å². The van der Waals surface area contributed by atoms with Crippen molar-refractivity contribution in [1.29, 1.82) is 0 Å². The number of hydrogen-bond acceptors (Lipinski definition) is 5. The van der Waals surface area contributed by atoms with Crippen molar-refractivity contribution in [3.8, 4) is 17.0 Å². The first-order chi connectivity index (χ1) is 13.0. The molecule has 2 N–H and O–H groups in total. The molecule has 3 rings (SSSR count).